The maximum absolute atomic E-state index is 2.18. The zero-order valence-electron chi connectivity index (χ0n) is 43.8. The van der Waals surface area contributed by atoms with Gasteiger partial charge in [0.1, 0.15) is 0 Å². The Morgan fingerprint density at radius 1 is 0.227 bits per heavy atom. The van der Waals surface area contributed by atoms with Crippen LogP contribution in [0, 0.1) is 40.0 Å². The Bertz CT molecular complexity index is 2130. The molecule has 6 heterocycles. The van der Waals surface area contributed by atoms with Gasteiger partial charge in [0, 0.05) is 129 Å². The molecule has 6 aromatic carbocycles. The predicted molar refractivity (Wildman–Crippen MR) is 318 cm³/mol. The van der Waals surface area contributed by atoms with Crippen LogP contribution < -0.4 is 59.5 Å². The fraction of sp³-hybridized carbons (Fsp3) is 0.300. The number of anilines is 12. The Hall–Kier alpha value is -5.13. The van der Waals surface area contributed by atoms with Crippen molar-refractivity contribution in [3.8, 4) is 0 Å². The number of benzene rings is 6. The van der Waals surface area contributed by atoms with E-state index in [1.165, 1.54) is 87.5 Å². The van der Waals surface area contributed by atoms with Crippen molar-refractivity contribution in [3.05, 3.63) is 186 Å². The molecule has 6 aromatic rings. The molecule has 0 N–H and O–H groups in total. The van der Waals surface area contributed by atoms with Gasteiger partial charge >= 0.3 is 0 Å². The van der Waals surface area contributed by atoms with E-state index >= 15 is 0 Å². The molecule has 0 saturated heterocycles. The summed E-state index contributed by atoms with van der Waals surface area (Å²) in [6.07, 6.45) is 3.75. The molecule has 0 aliphatic carbocycles. The van der Waals surface area contributed by atoms with Gasteiger partial charge in [-0.25, -0.2) is 0 Å². The van der Waals surface area contributed by atoms with E-state index in [1.807, 2.05) is 0 Å². The monoisotopic (exact) mass is 1550 g/mol. The van der Waals surface area contributed by atoms with Crippen LogP contribution in [-0.2, 0) is 60.3 Å². The van der Waals surface area contributed by atoms with E-state index in [2.05, 4.69) is 329 Å². The van der Waals surface area contributed by atoms with Gasteiger partial charge in [0.05, 0.1) is 0 Å². The minimum absolute atomic E-state index is 0. The van der Waals surface area contributed by atoms with E-state index in [0.717, 1.165) is 0 Å². The molecular weight excluding hydrogens is 1470 g/mol. The smallest absolute Gasteiger partial charge is 0.0459 e. The van der Waals surface area contributed by atoms with Crippen LogP contribution in [0.3, 0.4) is 0 Å². The van der Waals surface area contributed by atoms with Crippen LogP contribution >= 0.6 is 0 Å². The quantitative estimate of drug-likeness (QED) is 0.159. The molecule has 0 fully saturated rings. The van der Waals surface area contributed by atoms with Crippen LogP contribution in [0.25, 0.3) is 0 Å². The van der Waals surface area contributed by atoms with Crippen LogP contribution in [0.1, 0.15) is 83.1 Å². The van der Waals surface area contributed by atoms with Gasteiger partial charge in [-0.1, -0.05) is 156 Å². The molecule has 0 bridgehead atoms. The van der Waals surface area contributed by atoms with Gasteiger partial charge in [-0.3, -0.25) is 0 Å². The maximum Gasteiger partial charge on any atom is 0.0459 e. The van der Waals surface area contributed by atoms with E-state index in [9.17, 15) is 0 Å². The third kappa shape index (κ3) is 14.7. The van der Waals surface area contributed by atoms with Crippen molar-refractivity contribution in [2.75, 3.05) is 102 Å². The van der Waals surface area contributed by atoms with Crippen LogP contribution in [0.2, 0.25) is 0 Å². The number of para-hydroxylation sites is 12. The van der Waals surface area contributed by atoms with Gasteiger partial charge in [-0.05, 0) is 115 Å². The summed E-state index contributed by atoms with van der Waals surface area (Å²) in [5.41, 5.74) is 14.4. The second-order valence-corrected chi connectivity index (χ2v) is 17.5. The topological polar surface area (TPSA) is 38.9 Å². The van der Waals surface area contributed by atoms with Crippen molar-refractivity contribution >= 4 is 68.2 Å². The molecule has 75 heavy (non-hydrogen) atoms. The number of nitrogens with zero attached hydrogens (tertiary/aromatic N) is 12. The van der Waals surface area contributed by atoms with Crippen LogP contribution in [0.5, 0.6) is 0 Å². The van der Waals surface area contributed by atoms with Gasteiger partial charge in [0.2, 0.25) is 0 Å². The Morgan fingerprint density at radius 3 is 0.427 bits per heavy atom. The predicted octanol–water partition coefficient (Wildman–Crippen LogP) is 15.3. The molecule has 417 valence electrons. The second kappa shape index (κ2) is 31.8. The molecule has 0 unspecified atom stereocenters. The van der Waals surface area contributed by atoms with Crippen LogP contribution in [0.15, 0.2) is 146 Å². The first-order valence-corrected chi connectivity index (χ1v) is 24.3. The Labute approximate surface area is 495 Å². The fourth-order valence-corrected chi connectivity index (χ4v) is 8.50. The van der Waals surface area contributed by atoms with Crippen molar-refractivity contribution in [2.24, 2.45) is 0 Å². The third-order valence-electron chi connectivity index (χ3n) is 11.4. The van der Waals surface area contributed by atoms with Crippen molar-refractivity contribution in [2.45, 2.75) is 83.1 Å². The summed E-state index contributed by atoms with van der Waals surface area (Å²) >= 11 is 0. The van der Waals surface area contributed by atoms with Gasteiger partial charge in [0.25, 0.3) is 0 Å². The number of hydrazine groups is 3. The van der Waals surface area contributed by atoms with Crippen molar-refractivity contribution < 1.29 is 60.3 Å². The molecular formula is C60H84Ir3N12-6. The summed E-state index contributed by atoms with van der Waals surface area (Å²) in [5, 5.41) is 13.1. The van der Waals surface area contributed by atoms with Crippen molar-refractivity contribution in [1.82, 2.24) is 0 Å². The SMILES string of the molecule is C.C.C.CCC.CCC.CCC.CN1[CH-]N(N2[CH-]N(C)c3ccccc32)c2ccccc21.CN1[CH-]N(N2[CH-]N(C)c3ccccc32)c2ccccc21.CN1[CH-]N(N2[CH-]N(C)c3ccccc32)c2ccccc21.[Ir].[Ir].[Ir]. The normalized spacial score (nSPS) is 14.1. The van der Waals surface area contributed by atoms with Crippen LogP contribution in [-0.4, -0.2) is 42.3 Å². The zero-order chi connectivity index (χ0) is 49.2. The number of hydrogen-bond acceptors (Lipinski definition) is 12. The zero-order valence-corrected chi connectivity index (χ0v) is 51.0. The summed E-state index contributed by atoms with van der Waals surface area (Å²) in [6, 6.07) is 50.5. The largest absolute Gasteiger partial charge is 0.502 e. The molecule has 3 radical (unpaired) electrons. The van der Waals surface area contributed by atoms with E-state index in [4.69, 9.17) is 0 Å². The number of fused-ring (bicyclic) bond motifs is 6. The summed E-state index contributed by atoms with van der Waals surface area (Å²) in [6.45, 7) is 25.4. The van der Waals surface area contributed by atoms with Crippen molar-refractivity contribution in [1.29, 1.82) is 0 Å². The first-order valence-electron chi connectivity index (χ1n) is 24.3. The minimum Gasteiger partial charge on any atom is -0.502 e. The molecule has 6 aliphatic heterocycles. The van der Waals surface area contributed by atoms with E-state index in [0.29, 0.717) is 0 Å². The standard InChI is InChI=1S/3C16H16N4.3C3H8.3CH4.3Ir/c3*1-17-11-19(15-9-5-3-7-13(15)17)20-12-18(2)14-8-4-6-10-16(14)20;3*1-3-2;;;;;;/h3*3-12H,1-2H3;3*3H2,1-2H3;3*1H4;;;/q3*-2;;;;;;;;;. The summed E-state index contributed by atoms with van der Waals surface area (Å²) < 4.78 is 0. The molecule has 12 rings (SSSR count). The molecule has 12 nitrogen and oxygen atoms in total. The summed E-state index contributed by atoms with van der Waals surface area (Å²) in [5.74, 6) is 0. The average molecular weight is 1550 g/mol. The number of rotatable bonds is 3. The van der Waals surface area contributed by atoms with Gasteiger partial charge in [-0.2, -0.15) is 0 Å². The molecule has 6 aliphatic rings. The van der Waals surface area contributed by atoms with E-state index < -0.39 is 0 Å². The minimum atomic E-state index is 0. The average Bonchev–Trinajstić information content (AvgIpc) is 4.21. The van der Waals surface area contributed by atoms with Gasteiger partial charge < -0.3 is 59.5 Å². The summed E-state index contributed by atoms with van der Waals surface area (Å²) in [7, 11) is 12.4. The number of hydrogen-bond donors (Lipinski definition) is 0. The fourth-order valence-electron chi connectivity index (χ4n) is 8.50. The Kier molecular flexibility index (Phi) is 28.8. The first kappa shape index (κ1) is 67.9. The van der Waals surface area contributed by atoms with E-state index in [-0.39, 0.29) is 82.6 Å². The molecule has 0 saturated carbocycles. The molecule has 15 heteroatoms. The molecule has 0 spiro atoms. The van der Waals surface area contributed by atoms with Gasteiger partial charge in [-0.15, -0.1) is 40.0 Å². The molecule has 0 atom stereocenters. The van der Waals surface area contributed by atoms with Gasteiger partial charge in [0.15, 0.2) is 0 Å². The van der Waals surface area contributed by atoms with Crippen molar-refractivity contribution in [3.63, 3.8) is 0 Å². The first-order chi connectivity index (χ1) is 33.5. The van der Waals surface area contributed by atoms with E-state index in [1.54, 1.807) is 0 Å². The Morgan fingerprint density at radius 2 is 0.320 bits per heavy atom. The third-order valence-corrected chi connectivity index (χ3v) is 11.4. The molecule has 0 amide bonds. The molecule has 0 aromatic heterocycles. The second-order valence-electron chi connectivity index (χ2n) is 17.5. The summed E-state index contributed by atoms with van der Waals surface area (Å²) in [4.78, 5) is 12.9. The van der Waals surface area contributed by atoms with Crippen LogP contribution in [0.4, 0.5) is 68.2 Å². The Balaban J connectivity index is 0.000000502. The maximum atomic E-state index is 2.18.